The molecule has 0 bridgehead atoms. The van der Waals surface area contributed by atoms with Gasteiger partial charge in [-0.25, -0.2) is 0 Å². The van der Waals surface area contributed by atoms with E-state index in [1.54, 1.807) is 0 Å². The first-order valence-electron chi connectivity index (χ1n) is 8.84. The maximum absolute atomic E-state index is 5.77. The lowest BCUT2D eigenvalue weighted by Crippen LogP contribution is -2.46. The van der Waals surface area contributed by atoms with Crippen molar-refractivity contribution < 1.29 is 4.74 Å². The Labute approximate surface area is 140 Å². The summed E-state index contributed by atoms with van der Waals surface area (Å²) in [5.41, 5.74) is 2.96. The first-order chi connectivity index (χ1) is 11.3. The van der Waals surface area contributed by atoms with Gasteiger partial charge in [-0.2, -0.15) is 0 Å². The monoisotopic (exact) mass is 312 g/mol. The largest absolute Gasteiger partial charge is 0.494 e. The van der Waals surface area contributed by atoms with Gasteiger partial charge in [0.25, 0.3) is 0 Å². The van der Waals surface area contributed by atoms with Crippen LogP contribution in [0, 0.1) is 0 Å². The van der Waals surface area contributed by atoms with Crippen LogP contribution >= 0.6 is 0 Å². The number of allylic oxidation sites excluding steroid dienone is 3. The quantitative estimate of drug-likeness (QED) is 0.745. The van der Waals surface area contributed by atoms with Crippen LogP contribution in [0.3, 0.4) is 0 Å². The molecule has 0 atom stereocenters. The lowest BCUT2D eigenvalue weighted by molar-refractivity contribution is 0.152. The minimum Gasteiger partial charge on any atom is -0.494 e. The van der Waals surface area contributed by atoms with Crippen LogP contribution in [0.5, 0.6) is 5.75 Å². The molecule has 1 aromatic carbocycles. The highest BCUT2D eigenvalue weighted by molar-refractivity contribution is 5.26. The number of benzene rings is 1. The number of para-hydroxylation sites is 1. The molecule has 1 fully saturated rings. The summed E-state index contributed by atoms with van der Waals surface area (Å²) in [6.07, 6.45) is 8.29. The van der Waals surface area contributed by atoms with Gasteiger partial charge in [0.1, 0.15) is 5.75 Å². The Morgan fingerprint density at radius 1 is 1.04 bits per heavy atom. The van der Waals surface area contributed by atoms with Gasteiger partial charge in [0, 0.05) is 38.4 Å². The summed E-state index contributed by atoms with van der Waals surface area (Å²) >= 11 is 0. The Morgan fingerprint density at radius 3 is 2.57 bits per heavy atom. The molecule has 0 aromatic heterocycles. The Bertz CT molecular complexity index is 542. The second-order valence-electron chi connectivity index (χ2n) is 6.50. The summed E-state index contributed by atoms with van der Waals surface area (Å²) in [7, 11) is 0. The van der Waals surface area contributed by atoms with E-state index in [1.165, 1.54) is 24.1 Å². The number of piperazine rings is 1. The zero-order valence-corrected chi connectivity index (χ0v) is 14.2. The van der Waals surface area contributed by atoms with Gasteiger partial charge in [-0.15, -0.1) is 0 Å². The molecule has 3 rings (SSSR count). The van der Waals surface area contributed by atoms with E-state index in [0.717, 1.165) is 51.5 Å². The normalized spacial score (nSPS) is 19.3. The fraction of sp³-hybridized carbons (Fsp3) is 0.500. The van der Waals surface area contributed by atoms with Crippen molar-refractivity contribution in [2.24, 2.45) is 0 Å². The summed E-state index contributed by atoms with van der Waals surface area (Å²) in [5, 5.41) is 0. The van der Waals surface area contributed by atoms with Crippen molar-refractivity contribution in [1.82, 2.24) is 9.80 Å². The van der Waals surface area contributed by atoms with Crippen molar-refractivity contribution in [3.63, 3.8) is 0 Å². The minimum atomic E-state index is 0.803. The molecule has 0 saturated carbocycles. The van der Waals surface area contributed by atoms with Crippen molar-refractivity contribution in [3.8, 4) is 5.75 Å². The number of ether oxygens (including phenoxy) is 1. The van der Waals surface area contributed by atoms with Crippen molar-refractivity contribution >= 4 is 0 Å². The van der Waals surface area contributed by atoms with E-state index in [9.17, 15) is 0 Å². The van der Waals surface area contributed by atoms with Crippen molar-refractivity contribution in [3.05, 3.63) is 53.8 Å². The molecule has 1 heterocycles. The summed E-state index contributed by atoms with van der Waals surface area (Å²) in [4.78, 5) is 5.10. The van der Waals surface area contributed by atoms with Crippen molar-refractivity contribution in [1.29, 1.82) is 0 Å². The molecule has 1 aromatic rings. The van der Waals surface area contributed by atoms with Crippen LogP contribution in [0.4, 0.5) is 0 Å². The molecule has 3 nitrogen and oxygen atoms in total. The molecule has 0 spiro atoms. The van der Waals surface area contributed by atoms with Gasteiger partial charge in [0.05, 0.1) is 6.61 Å². The highest BCUT2D eigenvalue weighted by Gasteiger charge is 2.18. The first-order valence-corrected chi connectivity index (χ1v) is 8.84. The molecule has 1 aliphatic heterocycles. The molecule has 0 radical (unpaired) electrons. The Kier molecular flexibility index (Phi) is 5.76. The van der Waals surface area contributed by atoms with Crippen LogP contribution in [0.1, 0.15) is 26.2 Å². The topological polar surface area (TPSA) is 15.7 Å². The molecule has 0 amide bonds. The number of rotatable bonds is 6. The zero-order valence-electron chi connectivity index (χ0n) is 14.2. The molecular weight excluding hydrogens is 284 g/mol. The van der Waals surface area contributed by atoms with Gasteiger partial charge in [0.15, 0.2) is 0 Å². The van der Waals surface area contributed by atoms with E-state index in [-0.39, 0.29) is 0 Å². The number of hydrogen-bond acceptors (Lipinski definition) is 3. The van der Waals surface area contributed by atoms with Crippen LogP contribution in [0.15, 0.2) is 53.8 Å². The standard InChI is InChI=1S/C20H28N2O/c1-18-7-5-8-19(17-18)22-14-12-21(13-15-22)11-6-16-23-20-9-3-2-4-10-20/h2-4,8-10,17H,5-7,11-16H2,1H3. The van der Waals surface area contributed by atoms with E-state index in [4.69, 9.17) is 4.74 Å². The lowest BCUT2D eigenvalue weighted by atomic mass is 10.0. The summed E-state index contributed by atoms with van der Waals surface area (Å²) in [6.45, 7) is 8.80. The van der Waals surface area contributed by atoms with E-state index in [2.05, 4.69) is 28.9 Å². The van der Waals surface area contributed by atoms with Crippen LogP contribution in [0.2, 0.25) is 0 Å². The van der Waals surface area contributed by atoms with Gasteiger partial charge < -0.3 is 9.64 Å². The van der Waals surface area contributed by atoms with Crippen molar-refractivity contribution in [2.75, 3.05) is 39.3 Å². The minimum absolute atomic E-state index is 0.803. The molecule has 2 aliphatic rings. The third-order valence-corrected chi connectivity index (χ3v) is 4.65. The maximum atomic E-state index is 5.77. The summed E-state index contributed by atoms with van der Waals surface area (Å²) in [5.74, 6) is 0.976. The summed E-state index contributed by atoms with van der Waals surface area (Å²) < 4.78 is 5.77. The van der Waals surface area contributed by atoms with Gasteiger partial charge in [-0.05, 0) is 44.4 Å². The van der Waals surface area contributed by atoms with Crippen LogP contribution in [0.25, 0.3) is 0 Å². The molecule has 1 aliphatic carbocycles. The van der Waals surface area contributed by atoms with E-state index in [0.29, 0.717) is 0 Å². The molecule has 0 unspecified atom stereocenters. The SMILES string of the molecule is CC1=CC(N2CCN(CCCOc3ccccc3)CC2)=CCC1. The third-order valence-electron chi connectivity index (χ3n) is 4.65. The second kappa shape index (κ2) is 8.21. The van der Waals surface area contributed by atoms with Gasteiger partial charge in [-0.3, -0.25) is 4.90 Å². The number of nitrogens with zero attached hydrogens (tertiary/aromatic N) is 2. The molecule has 0 N–H and O–H groups in total. The van der Waals surface area contributed by atoms with Gasteiger partial charge in [0.2, 0.25) is 0 Å². The summed E-state index contributed by atoms with van der Waals surface area (Å²) in [6, 6.07) is 10.1. The maximum Gasteiger partial charge on any atom is 0.119 e. The number of hydrogen-bond donors (Lipinski definition) is 0. The van der Waals surface area contributed by atoms with Crippen molar-refractivity contribution in [2.45, 2.75) is 26.2 Å². The Balaban J connectivity index is 1.34. The van der Waals surface area contributed by atoms with Crippen LogP contribution in [-0.4, -0.2) is 49.1 Å². The first kappa shape index (κ1) is 16.1. The fourth-order valence-electron chi connectivity index (χ4n) is 3.28. The van der Waals surface area contributed by atoms with Crippen LogP contribution < -0.4 is 4.74 Å². The predicted octanol–water partition coefficient (Wildman–Crippen LogP) is 3.70. The highest BCUT2D eigenvalue weighted by atomic mass is 16.5. The lowest BCUT2D eigenvalue weighted by Gasteiger charge is -2.37. The van der Waals surface area contributed by atoms with Gasteiger partial charge in [-0.1, -0.05) is 29.8 Å². The van der Waals surface area contributed by atoms with E-state index < -0.39 is 0 Å². The van der Waals surface area contributed by atoms with E-state index >= 15 is 0 Å². The molecule has 124 valence electrons. The average Bonchev–Trinajstić information content (AvgIpc) is 2.60. The second-order valence-corrected chi connectivity index (χ2v) is 6.50. The highest BCUT2D eigenvalue weighted by Crippen LogP contribution is 2.21. The average molecular weight is 312 g/mol. The third kappa shape index (κ3) is 4.87. The molecular formula is C20H28N2O. The Morgan fingerprint density at radius 2 is 1.83 bits per heavy atom. The fourth-order valence-corrected chi connectivity index (χ4v) is 3.28. The molecule has 23 heavy (non-hydrogen) atoms. The van der Waals surface area contributed by atoms with Gasteiger partial charge >= 0.3 is 0 Å². The van der Waals surface area contributed by atoms with E-state index in [1.807, 2.05) is 30.3 Å². The Hall–Kier alpha value is -1.74. The smallest absolute Gasteiger partial charge is 0.119 e. The molecule has 1 saturated heterocycles. The molecule has 3 heteroatoms. The van der Waals surface area contributed by atoms with Crippen LogP contribution in [-0.2, 0) is 0 Å². The predicted molar refractivity (Wildman–Crippen MR) is 95.6 cm³/mol. The zero-order chi connectivity index (χ0) is 15.9.